The number of ether oxygens (including phenoxy) is 1. The SMILES string of the molecule is COC(=O)C=CN1CCCCCCC1. The number of carbonyl (C=O) groups excluding carboxylic acids is 1. The minimum atomic E-state index is -0.271. The molecule has 1 aliphatic heterocycles. The smallest absolute Gasteiger partial charge is 0.331 e. The first-order chi connectivity index (χ1) is 6.83. The first-order valence-electron chi connectivity index (χ1n) is 5.33. The Hall–Kier alpha value is -0.990. The van der Waals surface area contributed by atoms with Crippen LogP contribution in [0.1, 0.15) is 32.1 Å². The molecule has 0 aromatic carbocycles. The third kappa shape index (κ3) is 4.30. The van der Waals surface area contributed by atoms with E-state index in [2.05, 4.69) is 9.64 Å². The van der Waals surface area contributed by atoms with Gasteiger partial charge in [-0.1, -0.05) is 19.3 Å². The summed E-state index contributed by atoms with van der Waals surface area (Å²) >= 11 is 0. The average Bonchev–Trinajstić information content (AvgIpc) is 2.15. The molecule has 1 heterocycles. The average molecular weight is 197 g/mol. The minimum Gasteiger partial charge on any atom is -0.466 e. The lowest BCUT2D eigenvalue weighted by Gasteiger charge is -2.22. The second kappa shape index (κ2) is 6.46. The second-order valence-electron chi connectivity index (χ2n) is 3.64. The van der Waals surface area contributed by atoms with Crippen LogP contribution in [-0.4, -0.2) is 31.1 Å². The van der Waals surface area contributed by atoms with Crippen LogP contribution in [0.5, 0.6) is 0 Å². The number of carbonyl (C=O) groups is 1. The van der Waals surface area contributed by atoms with Crippen molar-refractivity contribution in [2.45, 2.75) is 32.1 Å². The van der Waals surface area contributed by atoms with Gasteiger partial charge < -0.3 is 9.64 Å². The maximum atomic E-state index is 10.9. The summed E-state index contributed by atoms with van der Waals surface area (Å²) in [6.07, 6.45) is 9.79. The van der Waals surface area contributed by atoms with Crippen molar-refractivity contribution in [3.05, 3.63) is 12.3 Å². The molecule has 1 fully saturated rings. The Kier molecular flexibility index (Phi) is 5.12. The number of likely N-dealkylation sites (tertiary alicyclic amines) is 1. The number of nitrogens with zero attached hydrogens (tertiary/aromatic N) is 1. The van der Waals surface area contributed by atoms with Crippen molar-refractivity contribution >= 4 is 5.97 Å². The molecule has 0 aromatic rings. The normalized spacial score (nSPS) is 19.1. The third-order valence-corrected chi connectivity index (χ3v) is 2.51. The van der Waals surface area contributed by atoms with E-state index in [-0.39, 0.29) is 5.97 Å². The van der Waals surface area contributed by atoms with Crippen LogP contribution in [-0.2, 0) is 9.53 Å². The van der Waals surface area contributed by atoms with Crippen LogP contribution in [0, 0.1) is 0 Å². The Morgan fingerprint density at radius 3 is 2.29 bits per heavy atom. The van der Waals surface area contributed by atoms with Crippen molar-refractivity contribution in [2.75, 3.05) is 20.2 Å². The lowest BCUT2D eigenvalue weighted by Crippen LogP contribution is -2.22. The Morgan fingerprint density at radius 1 is 1.14 bits per heavy atom. The summed E-state index contributed by atoms with van der Waals surface area (Å²) in [4.78, 5) is 13.1. The van der Waals surface area contributed by atoms with E-state index in [0.717, 1.165) is 13.1 Å². The molecule has 0 aliphatic carbocycles. The van der Waals surface area contributed by atoms with Crippen molar-refractivity contribution in [2.24, 2.45) is 0 Å². The molecule has 3 nitrogen and oxygen atoms in total. The third-order valence-electron chi connectivity index (χ3n) is 2.51. The largest absolute Gasteiger partial charge is 0.466 e. The van der Waals surface area contributed by atoms with E-state index in [4.69, 9.17) is 0 Å². The second-order valence-corrected chi connectivity index (χ2v) is 3.64. The van der Waals surface area contributed by atoms with Crippen LogP contribution in [0.4, 0.5) is 0 Å². The molecule has 80 valence electrons. The lowest BCUT2D eigenvalue weighted by atomic mass is 10.1. The summed E-state index contributed by atoms with van der Waals surface area (Å²) < 4.78 is 4.54. The summed E-state index contributed by atoms with van der Waals surface area (Å²) in [6.45, 7) is 2.13. The summed E-state index contributed by atoms with van der Waals surface area (Å²) in [5.74, 6) is -0.271. The Balaban J connectivity index is 2.33. The van der Waals surface area contributed by atoms with Gasteiger partial charge in [-0.3, -0.25) is 0 Å². The molecule has 0 radical (unpaired) electrons. The van der Waals surface area contributed by atoms with Crippen LogP contribution in [0.25, 0.3) is 0 Å². The van der Waals surface area contributed by atoms with Crippen LogP contribution >= 0.6 is 0 Å². The van der Waals surface area contributed by atoms with E-state index in [1.54, 1.807) is 0 Å². The molecule has 1 aliphatic rings. The van der Waals surface area contributed by atoms with Crippen molar-refractivity contribution < 1.29 is 9.53 Å². The molecular weight excluding hydrogens is 178 g/mol. The van der Waals surface area contributed by atoms with Gasteiger partial charge in [0.05, 0.1) is 7.11 Å². The highest BCUT2D eigenvalue weighted by molar-refractivity contribution is 5.81. The fourth-order valence-corrected chi connectivity index (χ4v) is 1.66. The molecule has 0 aromatic heterocycles. The highest BCUT2D eigenvalue weighted by Gasteiger charge is 2.04. The molecule has 0 saturated carbocycles. The Labute approximate surface area is 85.7 Å². The Morgan fingerprint density at radius 2 is 1.71 bits per heavy atom. The topological polar surface area (TPSA) is 29.5 Å². The fourth-order valence-electron chi connectivity index (χ4n) is 1.66. The van der Waals surface area contributed by atoms with Gasteiger partial charge in [0, 0.05) is 25.4 Å². The first-order valence-corrected chi connectivity index (χ1v) is 5.33. The number of hydrogen-bond donors (Lipinski definition) is 0. The van der Waals surface area contributed by atoms with E-state index in [0.29, 0.717) is 0 Å². The van der Waals surface area contributed by atoms with Crippen LogP contribution in [0.15, 0.2) is 12.3 Å². The van der Waals surface area contributed by atoms with E-state index in [9.17, 15) is 4.79 Å². The molecule has 0 spiro atoms. The predicted octanol–water partition coefficient (Wildman–Crippen LogP) is 1.94. The molecule has 1 saturated heterocycles. The molecule has 3 heteroatoms. The molecule has 0 amide bonds. The summed E-state index contributed by atoms with van der Waals surface area (Å²) in [5.41, 5.74) is 0. The summed E-state index contributed by atoms with van der Waals surface area (Å²) in [5, 5.41) is 0. The van der Waals surface area contributed by atoms with Gasteiger partial charge >= 0.3 is 5.97 Å². The minimum absolute atomic E-state index is 0.271. The van der Waals surface area contributed by atoms with Crippen molar-refractivity contribution in [3.63, 3.8) is 0 Å². The monoisotopic (exact) mass is 197 g/mol. The molecule has 0 unspecified atom stereocenters. The summed E-state index contributed by atoms with van der Waals surface area (Å²) in [6, 6.07) is 0. The van der Waals surface area contributed by atoms with Crippen LogP contribution in [0.3, 0.4) is 0 Å². The lowest BCUT2D eigenvalue weighted by molar-refractivity contribution is -0.134. The number of hydrogen-bond acceptors (Lipinski definition) is 3. The van der Waals surface area contributed by atoms with Crippen LogP contribution < -0.4 is 0 Å². The molecular formula is C11H19NO2. The zero-order chi connectivity index (χ0) is 10.2. The van der Waals surface area contributed by atoms with Gasteiger partial charge in [-0.05, 0) is 12.8 Å². The van der Waals surface area contributed by atoms with Crippen molar-refractivity contribution in [1.29, 1.82) is 0 Å². The highest BCUT2D eigenvalue weighted by atomic mass is 16.5. The predicted molar refractivity (Wildman–Crippen MR) is 55.8 cm³/mol. The van der Waals surface area contributed by atoms with Crippen molar-refractivity contribution in [3.8, 4) is 0 Å². The summed E-state index contributed by atoms with van der Waals surface area (Å²) in [7, 11) is 1.40. The zero-order valence-corrected chi connectivity index (χ0v) is 8.87. The van der Waals surface area contributed by atoms with E-state index >= 15 is 0 Å². The van der Waals surface area contributed by atoms with Gasteiger partial charge in [-0.25, -0.2) is 4.79 Å². The van der Waals surface area contributed by atoms with Gasteiger partial charge in [-0.2, -0.15) is 0 Å². The molecule has 0 atom stereocenters. The number of esters is 1. The molecule has 1 rings (SSSR count). The maximum Gasteiger partial charge on any atom is 0.331 e. The van der Waals surface area contributed by atoms with Gasteiger partial charge in [0.1, 0.15) is 0 Å². The molecule has 0 N–H and O–H groups in total. The van der Waals surface area contributed by atoms with E-state index in [1.165, 1.54) is 45.3 Å². The van der Waals surface area contributed by atoms with Gasteiger partial charge in [0.15, 0.2) is 0 Å². The van der Waals surface area contributed by atoms with Gasteiger partial charge in [-0.15, -0.1) is 0 Å². The number of rotatable bonds is 2. The molecule has 14 heavy (non-hydrogen) atoms. The van der Waals surface area contributed by atoms with E-state index < -0.39 is 0 Å². The van der Waals surface area contributed by atoms with E-state index in [1.807, 2.05) is 6.20 Å². The van der Waals surface area contributed by atoms with Crippen molar-refractivity contribution in [1.82, 2.24) is 4.90 Å². The quantitative estimate of drug-likeness (QED) is 0.500. The standard InChI is InChI=1S/C11H19NO2/c1-14-11(13)7-10-12-8-5-3-2-4-6-9-12/h7,10H,2-6,8-9H2,1H3. The Bertz CT molecular complexity index is 193. The first kappa shape index (κ1) is 11.1. The van der Waals surface area contributed by atoms with Gasteiger partial charge in [0.2, 0.25) is 0 Å². The maximum absolute atomic E-state index is 10.9. The highest BCUT2D eigenvalue weighted by Crippen LogP contribution is 2.10. The van der Waals surface area contributed by atoms with Crippen LogP contribution in [0.2, 0.25) is 0 Å². The number of methoxy groups -OCH3 is 1. The zero-order valence-electron chi connectivity index (χ0n) is 8.87. The molecule has 0 bridgehead atoms. The fraction of sp³-hybridized carbons (Fsp3) is 0.727. The van der Waals surface area contributed by atoms with Gasteiger partial charge in [0.25, 0.3) is 0 Å².